The van der Waals surface area contributed by atoms with Crippen molar-refractivity contribution in [3.05, 3.63) is 60.0 Å². The van der Waals surface area contributed by atoms with Gasteiger partial charge in [-0.25, -0.2) is 4.39 Å². The molecule has 3 aromatic rings. The summed E-state index contributed by atoms with van der Waals surface area (Å²) in [6.07, 6.45) is 1.70. The molecule has 3 N–H and O–H groups in total. The van der Waals surface area contributed by atoms with Crippen LogP contribution in [0.2, 0.25) is 0 Å². The second-order valence-electron chi connectivity index (χ2n) is 4.78. The topological polar surface area (TPSA) is 50.9 Å². The van der Waals surface area contributed by atoms with Gasteiger partial charge in [-0.05, 0) is 55.0 Å². The summed E-state index contributed by atoms with van der Waals surface area (Å²) < 4.78 is 13.4. The molecule has 0 spiro atoms. The highest BCUT2D eigenvalue weighted by Gasteiger charge is 2.04. The Bertz CT molecular complexity index is 764. The maximum atomic E-state index is 13.4. The molecule has 0 aliphatic heterocycles. The van der Waals surface area contributed by atoms with E-state index >= 15 is 0 Å². The Morgan fingerprint density at radius 2 is 1.95 bits per heavy atom. The van der Waals surface area contributed by atoms with Gasteiger partial charge in [0.1, 0.15) is 5.82 Å². The van der Waals surface area contributed by atoms with Crippen LogP contribution in [0.15, 0.2) is 48.7 Å². The third-order valence-electron chi connectivity index (χ3n) is 3.09. The van der Waals surface area contributed by atoms with Crippen molar-refractivity contribution in [3.8, 4) is 0 Å². The lowest BCUT2D eigenvalue weighted by Gasteiger charge is -2.10. The Morgan fingerprint density at radius 1 is 1.10 bits per heavy atom. The minimum atomic E-state index is -0.255. The molecular formula is C16H14FN3. The number of nitrogens with zero attached hydrogens (tertiary/aromatic N) is 1. The van der Waals surface area contributed by atoms with E-state index in [2.05, 4.69) is 10.3 Å². The molecule has 4 heteroatoms. The van der Waals surface area contributed by atoms with Crippen molar-refractivity contribution < 1.29 is 4.39 Å². The Labute approximate surface area is 116 Å². The summed E-state index contributed by atoms with van der Waals surface area (Å²) in [5.74, 6) is -0.255. The summed E-state index contributed by atoms with van der Waals surface area (Å²) in [5, 5.41) is 4.18. The van der Waals surface area contributed by atoms with Crippen LogP contribution < -0.4 is 11.1 Å². The van der Waals surface area contributed by atoms with Crippen molar-refractivity contribution in [2.75, 3.05) is 11.1 Å². The first-order valence-corrected chi connectivity index (χ1v) is 6.30. The predicted molar refractivity (Wildman–Crippen MR) is 80.6 cm³/mol. The van der Waals surface area contributed by atoms with E-state index in [4.69, 9.17) is 5.73 Å². The highest BCUT2D eigenvalue weighted by molar-refractivity contribution is 5.94. The Morgan fingerprint density at radius 3 is 2.75 bits per heavy atom. The van der Waals surface area contributed by atoms with E-state index in [0.717, 1.165) is 22.2 Å². The number of nitrogen functional groups attached to an aromatic ring is 1. The fourth-order valence-corrected chi connectivity index (χ4v) is 2.24. The minimum absolute atomic E-state index is 0.255. The van der Waals surface area contributed by atoms with Crippen LogP contribution in [0.4, 0.5) is 21.5 Å². The molecule has 0 fully saturated rings. The smallest absolute Gasteiger partial charge is 0.125 e. The Balaban J connectivity index is 2.06. The molecule has 0 amide bonds. The van der Waals surface area contributed by atoms with E-state index in [0.29, 0.717) is 11.4 Å². The number of halogens is 1. The van der Waals surface area contributed by atoms with Crippen LogP contribution in [0.3, 0.4) is 0 Å². The number of anilines is 3. The number of hydrogen-bond acceptors (Lipinski definition) is 3. The van der Waals surface area contributed by atoms with Crippen LogP contribution >= 0.6 is 0 Å². The van der Waals surface area contributed by atoms with E-state index in [1.54, 1.807) is 6.20 Å². The standard InChI is InChI=1S/C16H14FN3/c1-10-6-11(17)8-13(7-10)20-15-4-5-19-16-9-12(18)2-3-14(15)16/h2-9H,18H2,1H3,(H,19,20). The lowest BCUT2D eigenvalue weighted by Crippen LogP contribution is -1.95. The molecule has 0 unspecified atom stereocenters. The second-order valence-corrected chi connectivity index (χ2v) is 4.78. The van der Waals surface area contributed by atoms with Gasteiger partial charge in [0.25, 0.3) is 0 Å². The molecule has 0 bridgehead atoms. The molecule has 0 saturated carbocycles. The van der Waals surface area contributed by atoms with Gasteiger partial charge < -0.3 is 11.1 Å². The second kappa shape index (κ2) is 4.81. The van der Waals surface area contributed by atoms with Gasteiger partial charge in [0.15, 0.2) is 0 Å². The van der Waals surface area contributed by atoms with E-state index in [1.165, 1.54) is 12.1 Å². The van der Waals surface area contributed by atoms with Crippen molar-refractivity contribution >= 4 is 28.0 Å². The minimum Gasteiger partial charge on any atom is -0.399 e. The first kappa shape index (κ1) is 12.4. The predicted octanol–water partition coefficient (Wildman–Crippen LogP) is 4.01. The van der Waals surface area contributed by atoms with E-state index < -0.39 is 0 Å². The van der Waals surface area contributed by atoms with Crippen LogP contribution in [0, 0.1) is 12.7 Å². The van der Waals surface area contributed by atoms with Gasteiger partial charge in [0.05, 0.1) is 5.52 Å². The largest absolute Gasteiger partial charge is 0.399 e. The summed E-state index contributed by atoms with van der Waals surface area (Å²) in [6.45, 7) is 1.86. The summed E-state index contributed by atoms with van der Waals surface area (Å²) in [5.41, 5.74) is 9.69. The average Bonchev–Trinajstić information content (AvgIpc) is 2.37. The van der Waals surface area contributed by atoms with Gasteiger partial charge in [-0.2, -0.15) is 0 Å². The maximum Gasteiger partial charge on any atom is 0.125 e. The summed E-state index contributed by atoms with van der Waals surface area (Å²) in [7, 11) is 0. The summed E-state index contributed by atoms with van der Waals surface area (Å²) >= 11 is 0. The van der Waals surface area contributed by atoms with Gasteiger partial charge in [0, 0.05) is 28.6 Å². The molecule has 2 aromatic carbocycles. The van der Waals surface area contributed by atoms with E-state index in [1.807, 2.05) is 37.3 Å². The van der Waals surface area contributed by atoms with Gasteiger partial charge in [-0.3, -0.25) is 4.98 Å². The third kappa shape index (κ3) is 2.40. The number of aryl methyl sites for hydroxylation is 1. The number of hydrogen-bond donors (Lipinski definition) is 2. The zero-order valence-corrected chi connectivity index (χ0v) is 11.0. The molecule has 1 heterocycles. The van der Waals surface area contributed by atoms with Gasteiger partial charge in [0.2, 0.25) is 0 Å². The zero-order chi connectivity index (χ0) is 14.1. The number of pyridine rings is 1. The lowest BCUT2D eigenvalue weighted by molar-refractivity contribution is 0.627. The van der Waals surface area contributed by atoms with Crippen molar-refractivity contribution in [1.82, 2.24) is 4.98 Å². The number of nitrogens with one attached hydrogen (secondary N) is 1. The molecule has 3 rings (SSSR count). The third-order valence-corrected chi connectivity index (χ3v) is 3.09. The van der Waals surface area contributed by atoms with E-state index in [-0.39, 0.29) is 5.82 Å². The monoisotopic (exact) mass is 267 g/mol. The van der Waals surface area contributed by atoms with Crippen LogP contribution in [0.25, 0.3) is 10.9 Å². The lowest BCUT2D eigenvalue weighted by atomic mass is 10.1. The molecular weight excluding hydrogens is 253 g/mol. The molecule has 0 saturated heterocycles. The molecule has 20 heavy (non-hydrogen) atoms. The van der Waals surface area contributed by atoms with E-state index in [9.17, 15) is 4.39 Å². The van der Waals surface area contributed by atoms with Crippen molar-refractivity contribution in [1.29, 1.82) is 0 Å². The highest BCUT2D eigenvalue weighted by Crippen LogP contribution is 2.27. The number of benzene rings is 2. The van der Waals surface area contributed by atoms with Crippen molar-refractivity contribution in [2.45, 2.75) is 6.92 Å². The molecule has 0 radical (unpaired) electrons. The van der Waals surface area contributed by atoms with Gasteiger partial charge >= 0.3 is 0 Å². The first-order valence-electron chi connectivity index (χ1n) is 6.30. The quantitative estimate of drug-likeness (QED) is 0.690. The van der Waals surface area contributed by atoms with Crippen LogP contribution in [-0.2, 0) is 0 Å². The highest BCUT2D eigenvalue weighted by atomic mass is 19.1. The number of rotatable bonds is 2. The molecule has 0 atom stereocenters. The van der Waals surface area contributed by atoms with Gasteiger partial charge in [-0.15, -0.1) is 0 Å². The molecule has 3 nitrogen and oxygen atoms in total. The molecule has 100 valence electrons. The normalized spacial score (nSPS) is 10.7. The van der Waals surface area contributed by atoms with Crippen molar-refractivity contribution in [3.63, 3.8) is 0 Å². The maximum absolute atomic E-state index is 13.4. The zero-order valence-electron chi connectivity index (χ0n) is 11.0. The SMILES string of the molecule is Cc1cc(F)cc(Nc2ccnc3cc(N)ccc23)c1. The summed E-state index contributed by atoms with van der Waals surface area (Å²) in [6, 6.07) is 12.3. The van der Waals surface area contributed by atoms with Crippen LogP contribution in [-0.4, -0.2) is 4.98 Å². The summed E-state index contributed by atoms with van der Waals surface area (Å²) in [4.78, 5) is 4.29. The Kier molecular flexibility index (Phi) is 2.99. The van der Waals surface area contributed by atoms with Crippen LogP contribution in [0.1, 0.15) is 5.56 Å². The Hall–Kier alpha value is -2.62. The van der Waals surface area contributed by atoms with Crippen LogP contribution in [0.5, 0.6) is 0 Å². The number of aromatic nitrogens is 1. The number of fused-ring (bicyclic) bond motifs is 1. The fourth-order valence-electron chi connectivity index (χ4n) is 2.24. The first-order chi connectivity index (χ1) is 9.61. The number of nitrogens with two attached hydrogens (primary N) is 1. The molecule has 0 aliphatic rings. The molecule has 1 aromatic heterocycles. The van der Waals surface area contributed by atoms with Gasteiger partial charge in [-0.1, -0.05) is 0 Å². The van der Waals surface area contributed by atoms with Crippen molar-refractivity contribution in [2.24, 2.45) is 0 Å². The molecule has 0 aliphatic carbocycles. The fraction of sp³-hybridized carbons (Fsp3) is 0.0625. The average molecular weight is 267 g/mol.